The third-order valence-corrected chi connectivity index (χ3v) is 4.24. The minimum absolute atomic E-state index is 0.641. The Morgan fingerprint density at radius 3 is 2.62 bits per heavy atom. The second kappa shape index (κ2) is 3.61. The molecule has 1 heterocycles. The van der Waals surface area contributed by atoms with Gasteiger partial charge < -0.3 is 5.32 Å². The van der Waals surface area contributed by atoms with Crippen molar-refractivity contribution in [1.29, 1.82) is 0 Å². The Kier molecular flexibility index (Phi) is 2.23. The van der Waals surface area contributed by atoms with Gasteiger partial charge in [0, 0.05) is 5.02 Å². The Bertz CT molecular complexity index is 597. The molecule has 80 valence electrons. The normalized spacial score (nSPS) is 17.2. The molecule has 0 bridgehead atoms. The van der Waals surface area contributed by atoms with Crippen LogP contribution in [-0.2, 0) is 10.8 Å². The van der Waals surface area contributed by atoms with Crippen molar-refractivity contribution in [2.24, 2.45) is 0 Å². The molecule has 0 saturated heterocycles. The first-order valence-corrected chi connectivity index (χ1v) is 6.36. The average molecular weight is 250 g/mol. The summed E-state index contributed by atoms with van der Waals surface area (Å²) >= 11 is 5.91. The van der Waals surface area contributed by atoms with Crippen molar-refractivity contribution in [1.82, 2.24) is 0 Å². The zero-order valence-corrected chi connectivity index (χ0v) is 9.81. The smallest absolute Gasteiger partial charge is 0.0892 e. The number of hydrogen-bond acceptors (Lipinski definition) is 2. The van der Waals surface area contributed by atoms with Crippen LogP contribution in [-0.4, -0.2) is 4.21 Å². The highest BCUT2D eigenvalue weighted by atomic mass is 35.5. The second-order valence-electron chi connectivity index (χ2n) is 3.53. The van der Waals surface area contributed by atoms with Gasteiger partial charge in [0.1, 0.15) is 0 Å². The van der Waals surface area contributed by atoms with Crippen LogP contribution in [0.1, 0.15) is 0 Å². The highest BCUT2D eigenvalue weighted by Crippen LogP contribution is 2.37. The Hall–Kier alpha value is -1.32. The molecule has 1 aliphatic rings. The maximum absolute atomic E-state index is 12.2. The molecule has 0 radical (unpaired) electrons. The maximum atomic E-state index is 12.2. The maximum Gasteiger partial charge on any atom is 0.0892 e. The van der Waals surface area contributed by atoms with Crippen LogP contribution in [0.15, 0.2) is 52.3 Å². The van der Waals surface area contributed by atoms with E-state index in [0.29, 0.717) is 5.02 Å². The van der Waals surface area contributed by atoms with Crippen LogP contribution in [0.5, 0.6) is 0 Å². The van der Waals surface area contributed by atoms with Gasteiger partial charge >= 0.3 is 0 Å². The number of rotatable bonds is 0. The monoisotopic (exact) mass is 249 g/mol. The summed E-state index contributed by atoms with van der Waals surface area (Å²) in [5.41, 5.74) is 1.71. The van der Waals surface area contributed by atoms with E-state index < -0.39 is 10.8 Å². The summed E-state index contributed by atoms with van der Waals surface area (Å²) in [7, 11) is -1.12. The van der Waals surface area contributed by atoms with E-state index in [9.17, 15) is 4.21 Å². The molecule has 3 rings (SSSR count). The molecule has 0 saturated carbocycles. The van der Waals surface area contributed by atoms with E-state index in [2.05, 4.69) is 5.32 Å². The number of fused-ring (bicyclic) bond motifs is 2. The van der Waals surface area contributed by atoms with E-state index in [1.54, 1.807) is 18.2 Å². The van der Waals surface area contributed by atoms with Gasteiger partial charge in [-0.1, -0.05) is 23.7 Å². The lowest BCUT2D eigenvalue weighted by molar-refractivity contribution is 0.683. The van der Waals surface area contributed by atoms with Gasteiger partial charge in [0.2, 0.25) is 0 Å². The van der Waals surface area contributed by atoms with Gasteiger partial charge in [-0.3, -0.25) is 0 Å². The number of nitrogens with one attached hydrogen (secondary N) is 1. The van der Waals surface area contributed by atoms with Crippen molar-refractivity contribution < 1.29 is 4.21 Å². The predicted molar refractivity (Wildman–Crippen MR) is 65.9 cm³/mol. The third kappa shape index (κ3) is 1.44. The fourth-order valence-electron chi connectivity index (χ4n) is 1.76. The predicted octanol–water partition coefficient (Wildman–Crippen LogP) is 3.56. The van der Waals surface area contributed by atoms with E-state index in [-0.39, 0.29) is 0 Å². The zero-order valence-electron chi connectivity index (χ0n) is 8.24. The van der Waals surface area contributed by atoms with E-state index >= 15 is 0 Å². The van der Waals surface area contributed by atoms with Crippen molar-refractivity contribution in [2.45, 2.75) is 9.79 Å². The topological polar surface area (TPSA) is 29.1 Å². The molecule has 0 aromatic heterocycles. The van der Waals surface area contributed by atoms with Crippen molar-refractivity contribution in [3.05, 3.63) is 47.5 Å². The SMILES string of the molecule is O=S1c2ccccc2Nc2cc(Cl)ccc21. The van der Waals surface area contributed by atoms with Crippen molar-refractivity contribution in [3.8, 4) is 0 Å². The van der Waals surface area contributed by atoms with Crippen LogP contribution >= 0.6 is 11.6 Å². The van der Waals surface area contributed by atoms with Gasteiger partial charge in [-0.2, -0.15) is 0 Å². The molecular weight excluding hydrogens is 242 g/mol. The van der Waals surface area contributed by atoms with Crippen LogP contribution in [0, 0.1) is 0 Å². The highest BCUT2D eigenvalue weighted by molar-refractivity contribution is 7.85. The van der Waals surface area contributed by atoms with Crippen molar-refractivity contribution in [2.75, 3.05) is 5.32 Å². The molecule has 2 nitrogen and oxygen atoms in total. The summed E-state index contributed by atoms with van der Waals surface area (Å²) in [4.78, 5) is 1.60. The summed E-state index contributed by atoms with van der Waals surface area (Å²) < 4.78 is 12.2. The number of halogens is 1. The molecule has 0 amide bonds. The minimum atomic E-state index is -1.12. The quantitative estimate of drug-likeness (QED) is 0.660. The Balaban J connectivity index is 2.22. The fraction of sp³-hybridized carbons (Fsp3) is 0. The molecular formula is C12H8ClNOS. The highest BCUT2D eigenvalue weighted by Gasteiger charge is 2.21. The Morgan fingerprint density at radius 1 is 1.00 bits per heavy atom. The van der Waals surface area contributed by atoms with Crippen LogP contribution in [0.3, 0.4) is 0 Å². The molecule has 0 aliphatic carbocycles. The summed E-state index contributed by atoms with van der Waals surface area (Å²) in [5.74, 6) is 0. The number of anilines is 2. The summed E-state index contributed by atoms with van der Waals surface area (Å²) in [6, 6.07) is 12.9. The number of benzene rings is 2. The standard InChI is InChI=1S/C12H8ClNOS/c13-8-5-6-12-10(7-8)14-9-3-1-2-4-11(9)16(12)15/h1-7,14H. The first-order chi connectivity index (χ1) is 7.75. The third-order valence-electron chi connectivity index (χ3n) is 2.50. The Morgan fingerprint density at radius 2 is 1.75 bits per heavy atom. The van der Waals surface area contributed by atoms with Gasteiger partial charge in [-0.05, 0) is 30.3 Å². The molecule has 0 fully saturated rings. The molecule has 1 aliphatic heterocycles. The fourth-order valence-corrected chi connectivity index (χ4v) is 3.19. The zero-order chi connectivity index (χ0) is 11.1. The largest absolute Gasteiger partial charge is 0.353 e. The second-order valence-corrected chi connectivity index (χ2v) is 5.38. The molecule has 4 heteroatoms. The Labute approximate surface area is 101 Å². The molecule has 0 spiro atoms. The average Bonchev–Trinajstić information content (AvgIpc) is 2.29. The van der Waals surface area contributed by atoms with Crippen LogP contribution in [0.4, 0.5) is 11.4 Å². The molecule has 1 unspecified atom stereocenters. The molecule has 1 atom stereocenters. The molecule has 16 heavy (non-hydrogen) atoms. The van der Waals surface area contributed by atoms with Gasteiger partial charge in [-0.25, -0.2) is 4.21 Å². The van der Waals surface area contributed by atoms with E-state index in [1.165, 1.54) is 0 Å². The first kappa shape index (κ1) is 9.87. The van der Waals surface area contributed by atoms with E-state index in [1.807, 2.05) is 24.3 Å². The summed E-state index contributed by atoms with van der Waals surface area (Å²) in [6.07, 6.45) is 0. The van der Waals surface area contributed by atoms with Crippen LogP contribution in [0.2, 0.25) is 5.02 Å². The van der Waals surface area contributed by atoms with Crippen molar-refractivity contribution >= 4 is 33.8 Å². The summed E-state index contributed by atoms with van der Waals surface area (Å²) in [6.45, 7) is 0. The molecule has 2 aromatic rings. The van der Waals surface area contributed by atoms with E-state index in [0.717, 1.165) is 21.2 Å². The van der Waals surface area contributed by atoms with Gasteiger partial charge in [0.25, 0.3) is 0 Å². The molecule has 2 aromatic carbocycles. The summed E-state index contributed by atoms with van der Waals surface area (Å²) in [5, 5.41) is 3.88. The number of hydrogen-bond donors (Lipinski definition) is 1. The lowest BCUT2D eigenvalue weighted by atomic mass is 10.2. The van der Waals surface area contributed by atoms with Gasteiger partial charge in [-0.15, -0.1) is 0 Å². The first-order valence-electron chi connectivity index (χ1n) is 4.83. The minimum Gasteiger partial charge on any atom is -0.353 e. The van der Waals surface area contributed by atoms with Crippen LogP contribution in [0.25, 0.3) is 0 Å². The van der Waals surface area contributed by atoms with Gasteiger partial charge in [0.15, 0.2) is 0 Å². The van der Waals surface area contributed by atoms with Gasteiger partial charge in [0.05, 0.1) is 32.0 Å². The lowest BCUT2D eigenvalue weighted by Gasteiger charge is -2.20. The number of para-hydroxylation sites is 1. The lowest BCUT2D eigenvalue weighted by Crippen LogP contribution is -2.08. The molecule has 1 N–H and O–H groups in total. The van der Waals surface area contributed by atoms with Crippen LogP contribution < -0.4 is 5.32 Å². The van der Waals surface area contributed by atoms with Crippen molar-refractivity contribution in [3.63, 3.8) is 0 Å². The van der Waals surface area contributed by atoms with E-state index in [4.69, 9.17) is 11.6 Å².